The molecule has 0 bridgehead atoms. The molecule has 3 aromatic carbocycles. The number of sulfone groups is 1. The number of piperazine rings is 1. The van der Waals surface area contributed by atoms with E-state index in [4.69, 9.17) is 25.8 Å². The summed E-state index contributed by atoms with van der Waals surface area (Å²) in [6, 6.07) is 18.2. The summed E-state index contributed by atoms with van der Waals surface area (Å²) in [5, 5.41) is 4.00. The van der Waals surface area contributed by atoms with E-state index in [1.807, 2.05) is 29.0 Å². The molecule has 2 aromatic heterocycles. The van der Waals surface area contributed by atoms with Crippen molar-refractivity contribution in [1.29, 1.82) is 0 Å². The Labute approximate surface area is 380 Å². The lowest BCUT2D eigenvalue weighted by molar-refractivity contribution is -0.0436. The number of hydrogen-bond acceptors (Lipinski definition) is 12. The van der Waals surface area contributed by atoms with Gasteiger partial charge in [-0.15, -0.1) is 0 Å². The smallest absolute Gasteiger partial charge is 0.456 e. The minimum Gasteiger partial charge on any atom is -0.456 e. The number of H-pyrrole nitrogens is 1. The van der Waals surface area contributed by atoms with Crippen LogP contribution in [0.2, 0.25) is 5.02 Å². The molecule has 3 N–H and O–H groups in total. The Morgan fingerprint density at radius 1 is 0.954 bits per heavy atom. The second-order valence-electron chi connectivity index (χ2n) is 16.9. The van der Waals surface area contributed by atoms with Gasteiger partial charge in [0.25, 0.3) is 25.8 Å². The Kier molecular flexibility index (Phi) is 13.3. The molecule has 346 valence electrons. The molecular weight excluding hydrogens is 909 g/mol. The van der Waals surface area contributed by atoms with Crippen LogP contribution in [0.3, 0.4) is 0 Å². The van der Waals surface area contributed by atoms with Gasteiger partial charge in [0.1, 0.15) is 22.0 Å². The van der Waals surface area contributed by atoms with E-state index in [9.17, 15) is 34.8 Å². The highest BCUT2D eigenvalue weighted by molar-refractivity contribution is 7.92. The average Bonchev–Trinajstić information content (AvgIpc) is 3.77. The summed E-state index contributed by atoms with van der Waals surface area (Å²) in [5.74, 6) is -0.883. The first-order valence-electron chi connectivity index (χ1n) is 21.0. The number of pyridine rings is 1. The number of halogens is 4. The SMILES string of the molecule is CC1(C)CC(c2ccc(Cl)cc2)=C(CN2CCN(c3ccc(C(=O)NS(=O)(=O)c4ccc(NCC5CCOCC5)c(S(=O)(=O)C(F)(F)F)c4)c(Oc4ccnc5[nH]ccc45)c3)CC2)CO1. The second kappa shape index (κ2) is 18.6. The molecular formula is C45H48ClF3N6O8S2. The number of carbonyl (C=O) groups excluding carboxylic acids is 1. The van der Waals surface area contributed by atoms with E-state index < -0.39 is 46.8 Å². The molecule has 0 atom stereocenters. The quantitative estimate of drug-likeness (QED) is 0.104. The molecule has 3 aliphatic rings. The summed E-state index contributed by atoms with van der Waals surface area (Å²) in [6.07, 6.45) is 5.13. The number of carbonyl (C=O) groups is 1. The van der Waals surface area contributed by atoms with Crippen LogP contribution >= 0.6 is 11.6 Å². The van der Waals surface area contributed by atoms with E-state index in [-0.39, 0.29) is 29.4 Å². The maximum Gasteiger partial charge on any atom is 0.501 e. The highest BCUT2D eigenvalue weighted by Crippen LogP contribution is 2.39. The fourth-order valence-corrected chi connectivity index (χ4v) is 10.4. The third-order valence-corrected chi connectivity index (χ3v) is 15.0. The van der Waals surface area contributed by atoms with Crippen LogP contribution < -0.4 is 19.7 Å². The van der Waals surface area contributed by atoms with E-state index in [1.165, 1.54) is 23.4 Å². The van der Waals surface area contributed by atoms with Crippen molar-refractivity contribution >= 4 is 65.3 Å². The van der Waals surface area contributed by atoms with Crippen molar-refractivity contribution in [2.24, 2.45) is 5.92 Å². The van der Waals surface area contributed by atoms with Crippen molar-refractivity contribution in [3.05, 3.63) is 107 Å². The number of aromatic nitrogens is 2. The topological polar surface area (TPSA) is 172 Å². The van der Waals surface area contributed by atoms with E-state index in [1.54, 1.807) is 30.5 Å². The van der Waals surface area contributed by atoms with Crippen LogP contribution in [-0.4, -0.2) is 108 Å². The molecule has 0 spiro atoms. The lowest BCUT2D eigenvalue weighted by atomic mass is 9.87. The largest absolute Gasteiger partial charge is 0.501 e. The molecule has 14 nitrogen and oxygen atoms in total. The van der Waals surface area contributed by atoms with Crippen LogP contribution in [0.1, 0.15) is 49.0 Å². The zero-order valence-corrected chi connectivity index (χ0v) is 38.0. The number of ether oxygens (including phenoxy) is 3. The minimum atomic E-state index is -6.04. The number of benzene rings is 3. The number of alkyl halides is 3. The van der Waals surface area contributed by atoms with E-state index >= 15 is 0 Å². The van der Waals surface area contributed by atoms with Gasteiger partial charge in [-0.2, -0.15) is 13.2 Å². The van der Waals surface area contributed by atoms with E-state index in [0.29, 0.717) is 98.9 Å². The molecule has 20 heteroatoms. The van der Waals surface area contributed by atoms with Crippen LogP contribution in [0.25, 0.3) is 16.6 Å². The molecule has 3 aliphatic heterocycles. The van der Waals surface area contributed by atoms with Gasteiger partial charge in [-0.25, -0.2) is 26.5 Å². The van der Waals surface area contributed by atoms with Gasteiger partial charge in [-0.05, 0) is 104 Å². The Morgan fingerprint density at radius 2 is 1.69 bits per heavy atom. The van der Waals surface area contributed by atoms with Gasteiger partial charge in [0.15, 0.2) is 0 Å². The summed E-state index contributed by atoms with van der Waals surface area (Å²) in [4.78, 5) is 23.6. The molecule has 0 saturated carbocycles. The fourth-order valence-electron chi connectivity index (χ4n) is 8.23. The van der Waals surface area contributed by atoms with E-state index in [0.717, 1.165) is 24.1 Å². The summed E-state index contributed by atoms with van der Waals surface area (Å²) in [6.45, 7) is 9.00. The summed E-state index contributed by atoms with van der Waals surface area (Å²) >= 11 is 6.20. The van der Waals surface area contributed by atoms with Gasteiger partial charge in [0, 0.05) is 88.1 Å². The first-order chi connectivity index (χ1) is 30.9. The normalized spacial score (nSPS) is 17.9. The van der Waals surface area contributed by atoms with Crippen molar-refractivity contribution in [1.82, 2.24) is 19.6 Å². The monoisotopic (exact) mass is 956 g/mol. The minimum absolute atomic E-state index is 0.0108. The van der Waals surface area contributed by atoms with Gasteiger partial charge in [0.2, 0.25) is 0 Å². The van der Waals surface area contributed by atoms with E-state index in [2.05, 4.69) is 38.9 Å². The molecule has 0 aliphatic carbocycles. The highest BCUT2D eigenvalue weighted by Gasteiger charge is 2.48. The number of rotatable bonds is 13. The van der Waals surface area contributed by atoms with Gasteiger partial charge >= 0.3 is 5.51 Å². The average molecular weight is 957 g/mol. The summed E-state index contributed by atoms with van der Waals surface area (Å²) in [7, 11) is -11.0. The van der Waals surface area contributed by atoms with Gasteiger partial charge < -0.3 is 29.4 Å². The molecule has 1 amide bonds. The standard InChI is InChI=1S/C45H48ClF3N6O8S2/c1-44(2)25-37(30-3-5-32(46)6-4-30)31(28-62-44)27-54-17-19-55(20-18-54)33-7-9-36(40(23-33)63-39-12-16-51-42-35(39)11-15-50-42)43(56)53-65(59,60)34-8-10-38(52-26-29-13-21-61-22-14-29)41(24-34)64(57,58)45(47,48)49/h3-12,15-16,23-24,29,52H,13-14,17-22,25-28H2,1-2H3,(H,50,51)(H,53,56). The molecule has 65 heavy (non-hydrogen) atoms. The number of nitrogens with one attached hydrogen (secondary N) is 3. The summed E-state index contributed by atoms with van der Waals surface area (Å²) in [5.41, 5.74) is -1.95. The van der Waals surface area contributed by atoms with Crippen LogP contribution in [0.5, 0.6) is 11.5 Å². The Bertz CT molecular complexity index is 2820. The van der Waals surface area contributed by atoms with Crippen molar-refractivity contribution < 1.29 is 49.0 Å². The molecule has 5 aromatic rings. The number of sulfonamides is 1. The number of aromatic amines is 1. The molecule has 5 heterocycles. The molecule has 0 unspecified atom stereocenters. The predicted octanol–water partition coefficient (Wildman–Crippen LogP) is 8.03. The Morgan fingerprint density at radius 3 is 2.42 bits per heavy atom. The van der Waals surface area contributed by atoms with Crippen molar-refractivity contribution in [2.75, 3.05) is 69.3 Å². The van der Waals surface area contributed by atoms with Gasteiger partial charge in [-0.3, -0.25) is 9.69 Å². The lowest BCUT2D eigenvalue weighted by Crippen LogP contribution is -2.47. The number of nitrogens with zero attached hydrogens (tertiary/aromatic N) is 3. The van der Waals surface area contributed by atoms with Crippen molar-refractivity contribution in [2.45, 2.75) is 54.0 Å². The van der Waals surface area contributed by atoms with Crippen molar-refractivity contribution in [3.63, 3.8) is 0 Å². The third-order valence-electron chi connectivity index (χ3n) is 11.9. The number of fused-ring (bicyclic) bond motifs is 1. The maximum absolute atomic E-state index is 14.0. The second-order valence-corrected chi connectivity index (χ2v) is 20.9. The molecule has 8 rings (SSSR count). The molecule has 2 saturated heterocycles. The first-order valence-corrected chi connectivity index (χ1v) is 24.4. The lowest BCUT2D eigenvalue weighted by Gasteiger charge is -2.39. The van der Waals surface area contributed by atoms with Crippen molar-refractivity contribution in [3.8, 4) is 11.5 Å². The van der Waals surface area contributed by atoms with Gasteiger partial charge in [0.05, 0.1) is 33.7 Å². The zero-order valence-electron chi connectivity index (χ0n) is 35.6. The van der Waals surface area contributed by atoms with Gasteiger partial charge in [-0.1, -0.05) is 23.7 Å². The number of amides is 1. The summed E-state index contributed by atoms with van der Waals surface area (Å²) < 4.78 is 115. The maximum atomic E-state index is 14.0. The predicted molar refractivity (Wildman–Crippen MR) is 241 cm³/mol. The Hall–Kier alpha value is -5.18. The number of anilines is 2. The number of hydrogen-bond donors (Lipinski definition) is 3. The zero-order chi connectivity index (χ0) is 46.1. The van der Waals surface area contributed by atoms with Crippen LogP contribution in [0.4, 0.5) is 24.5 Å². The molecule has 0 radical (unpaired) electrons. The van der Waals surface area contributed by atoms with Crippen LogP contribution in [0.15, 0.2) is 101 Å². The molecule has 2 fully saturated rings. The van der Waals surface area contributed by atoms with Crippen LogP contribution in [0, 0.1) is 5.92 Å². The first kappa shape index (κ1) is 46.4. The highest BCUT2D eigenvalue weighted by atomic mass is 35.5. The fraction of sp³-hybridized carbons (Fsp3) is 0.378. The third kappa shape index (κ3) is 10.4. The Balaban J connectivity index is 1.04. The van der Waals surface area contributed by atoms with Crippen LogP contribution in [-0.2, 0) is 29.3 Å².